The summed E-state index contributed by atoms with van der Waals surface area (Å²) >= 11 is 0. The van der Waals surface area contributed by atoms with Gasteiger partial charge in [0, 0.05) is 24.6 Å². The third kappa shape index (κ3) is 3.33. The molecule has 2 saturated heterocycles. The lowest BCUT2D eigenvalue weighted by atomic mass is 9.90. The van der Waals surface area contributed by atoms with Gasteiger partial charge in [0.05, 0.1) is 19.3 Å². The summed E-state index contributed by atoms with van der Waals surface area (Å²) in [5.41, 5.74) is 0.365. The van der Waals surface area contributed by atoms with Crippen LogP contribution in [0.4, 0.5) is 4.39 Å². The third-order valence-corrected chi connectivity index (χ3v) is 4.80. The maximum atomic E-state index is 13.8. The molecule has 2 atom stereocenters. The average Bonchev–Trinajstić information content (AvgIpc) is 2.96. The Morgan fingerprint density at radius 2 is 2.09 bits per heavy atom. The summed E-state index contributed by atoms with van der Waals surface area (Å²) in [4.78, 5) is 2.18. The molecule has 0 aromatic heterocycles. The number of rotatable bonds is 4. The van der Waals surface area contributed by atoms with Crippen LogP contribution in [0.2, 0.25) is 0 Å². The molecule has 2 fully saturated rings. The van der Waals surface area contributed by atoms with Crippen LogP contribution in [-0.4, -0.2) is 48.6 Å². The number of β-amino-alcohol motifs (C(OH)–C–C–N with tert-alkyl or cyclic N) is 1. The van der Waals surface area contributed by atoms with E-state index in [9.17, 15) is 9.50 Å². The number of aliphatic hydroxyl groups is 1. The molecule has 0 unspecified atom stereocenters. The Morgan fingerprint density at radius 3 is 2.82 bits per heavy atom. The second-order valence-electron chi connectivity index (χ2n) is 6.35. The maximum absolute atomic E-state index is 13.8. The number of halogens is 1. The standard InChI is InChI=1S/C17H24FNO3/c1-17(21-9-10-22-17)13-5-4-8-19(11-13)12-16(20)14-6-2-3-7-15(14)18/h2-3,6-7,13,16,20H,4-5,8-12H2,1H3/t13-,16-/m0/s1. The second kappa shape index (κ2) is 6.62. The zero-order chi connectivity index (χ0) is 15.6. The number of likely N-dealkylation sites (tertiary alicyclic amines) is 1. The molecule has 2 aliphatic heterocycles. The molecule has 0 saturated carbocycles. The molecule has 5 heteroatoms. The molecule has 0 aliphatic carbocycles. The molecule has 0 bridgehead atoms. The van der Waals surface area contributed by atoms with Crippen molar-refractivity contribution in [1.29, 1.82) is 0 Å². The fourth-order valence-corrected chi connectivity index (χ4v) is 3.50. The number of hydrogen-bond donors (Lipinski definition) is 1. The Morgan fingerprint density at radius 1 is 1.36 bits per heavy atom. The topological polar surface area (TPSA) is 41.9 Å². The number of nitrogens with zero attached hydrogens (tertiary/aromatic N) is 1. The van der Waals surface area contributed by atoms with E-state index in [4.69, 9.17) is 9.47 Å². The first-order chi connectivity index (χ1) is 10.6. The summed E-state index contributed by atoms with van der Waals surface area (Å²) < 4.78 is 25.3. The molecule has 0 spiro atoms. The van der Waals surface area contributed by atoms with Crippen molar-refractivity contribution in [3.8, 4) is 0 Å². The van der Waals surface area contributed by atoms with Crippen LogP contribution >= 0.6 is 0 Å². The largest absolute Gasteiger partial charge is 0.387 e. The molecular formula is C17H24FNO3. The monoisotopic (exact) mass is 309 g/mol. The first-order valence-electron chi connectivity index (χ1n) is 8.01. The Hall–Kier alpha value is -1.01. The van der Waals surface area contributed by atoms with Crippen LogP contribution in [0, 0.1) is 11.7 Å². The molecule has 0 radical (unpaired) electrons. The smallest absolute Gasteiger partial charge is 0.169 e. The third-order valence-electron chi connectivity index (χ3n) is 4.80. The minimum Gasteiger partial charge on any atom is -0.387 e. The fraction of sp³-hybridized carbons (Fsp3) is 0.647. The molecule has 122 valence electrons. The lowest BCUT2D eigenvalue weighted by Gasteiger charge is -2.40. The van der Waals surface area contributed by atoms with Crippen LogP contribution in [0.15, 0.2) is 24.3 Å². The second-order valence-corrected chi connectivity index (χ2v) is 6.35. The molecule has 1 aromatic rings. The molecule has 1 aromatic carbocycles. The molecule has 22 heavy (non-hydrogen) atoms. The van der Waals surface area contributed by atoms with Gasteiger partial charge in [-0.1, -0.05) is 18.2 Å². The van der Waals surface area contributed by atoms with Crippen LogP contribution in [0.25, 0.3) is 0 Å². The molecule has 2 heterocycles. The van der Waals surface area contributed by atoms with Gasteiger partial charge >= 0.3 is 0 Å². The van der Waals surface area contributed by atoms with Crippen molar-refractivity contribution in [3.05, 3.63) is 35.6 Å². The predicted octanol–water partition coefficient (Wildman–Crippen LogP) is 2.33. The summed E-state index contributed by atoms with van der Waals surface area (Å²) in [5, 5.41) is 10.3. The quantitative estimate of drug-likeness (QED) is 0.927. The van der Waals surface area contributed by atoms with E-state index in [-0.39, 0.29) is 11.7 Å². The normalized spacial score (nSPS) is 27.0. The number of benzene rings is 1. The van der Waals surface area contributed by atoms with Gasteiger partial charge in [0.15, 0.2) is 5.79 Å². The minimum atomic E-state index is -0.807. The van der Waals surface area contributed by atoms with E-state index in [1.165, 1.54) is 6.07 Å². The minimum absolute atomic E-state index is 0.288. The highest BCUT2D eigenvalue weighted by molar-refractivity contribution is 5.20. The van der Waals surface area contributed by atoms with Crippen molar-refractivity contribution in [3.63, 3.8) is 0 Å². The SMILES string of the molecule is CC1([C@H]2CCCN(C[C@H](O)c3ccccc3F)C2)OCCO1. The Balaban J connectivity index is 1.62. The zero-order valence-electron chi connectivity index (χ0n) is 13.0. The van der Waals surface area contributed by atoms with Crippen molar-refractivity contribution < 1.29 is 19.0 Å². The summed E-state index contributed by atoms with van der Waals surface area (Å²) in [6.45, 7) is 5.45. The molecule has 2 aliphatic rings. The van der Waals surface area contributed by atoms with Gasteiger partial charge < -0.3 is 14.6 Å². The number of aliphatic hydroxyl groups excluding tert-OH is 1. The summed E-state index contributed by atoms with van der Waals surface area (Å²) in [6.07, 6.45) is 1.29. The van der Waals surface area contributed by atoms with Gasteiger partial charge in [-0.2, -0.15) is 0 Å². The summed E-state index contributed by atoms with van der Waals surface area (Å²) in [6, 6.07) is 6.42. The van der Waals surface area contributed by atoms with Gasteiger partial charge in [0.25, 0.3) is 0 Å². The highest BCUT2D eigenvalue weighted by Crippen LogP contribution is 2.34. The first-order valence-corrected chi connectivity index (χ1v) is 8.01. The van der Waals surface area contributed by atoms with Crippen molar-refractivity contribution in [2.75, 3.05) is 32.8 Å². The van der Waals surface area contributed by atoms with E-state index in [2.05, 4.69) is 4.90 Å². The van der Waals surface area contributed by atoms with E-state index in [0.29, 0.717) is 25.3 Å². The van der Waals surface area contributed by atoms with Gasteiger partial charge in [-0.25, -0.2) is 4.39 Å². The zero-order valence-corrected chi connectivity index (χ0v) is 13.0. The van der Waals surface area contributed by atoms with Gasteiger partial charge in [-0.15, -0.1) is 0 Å². The van der Waals surface area contributed by atoms with Crippen molar-refractivity contribution in [2.45, 2.75) is 31.7 Å². The van der Waals surface area contributed by atoms with Gasteiger partial charge in [-0.05, 0) is 32.4 Å². The van der Waals surface area contributed by atoms with E-state index in [1.807, 2.05) is 6.92 Å². The van der Waals surface area contributed by atoms with Crippen molar-refractivity contribution in [2.24, 2.45) is 5.92 Å². The van der Waals surface area contributed by atoms with Gasteiger partial charge in [0.2, 0.25) is 0 Å². The van der Waals surface area contributed by atoms with Crippen LogP contribution in [0.5, 0.6) is 0 Å². The lowest BCUT2D eigenvalue weighted by Crippen LogP contribution is -2.47. The number of hydrogen-bond acceptors (Lipinski definition) is 4. The van der Waals surface area contributed by atoms with Crippen molar-refractivity contribution >= 4 is 0 Å². The molecule has 3 rings (SSSR count). The van der Waals surface area contributed by atoms with E-state index in [1.54, 1.807) is 18.2 Å². The predicted molar refractivity (Wildman–Crippen MR) is 80.8 cm³/mol. The summed E-state index contributed by atoms with van der Waals surface area (Å²) in [5.74, 6) is -0.573. The average molecular weight is 309 g/mol. The van der Waals surface area contributed by atoms with Crippen molar-refractivity contribution in [1.82, 2.24) is 4.90 Å². The lowest BCUT2D eigenvalue weighted by molar-refractivity contribution is -0.192. The van der Waals surface area contributed by atoms with Gasteiger partial charge in [-0.3, -0.25) is 4.90 Å². The number of ether oxygens (including phenoxy) is 2. The Bertz CT molecular complexity index is 504. The van der Waals surface area contributed by atoms with E-state index in [0.717, 1.165) is 25.9 Å². The van der Waals surface area contributed by atoms with Crippen LogP contribution in [-0.2, 0) is 9.47 Å². The maximum Gasteiger partial charge on any atom is 0.169 e. The summed E-state index contributed by atoms with van der Waals surface area (Å²) in [7, 11) is 0. The highest BCUT2D eigenvalue weighted by Gasteiger charge is 2.41. The van der Waals surface area contributed by atoms with Gasteiger partial charge in [0.1, 0.15) is 5.82 Å². The van der Waals surface area contributed by atoms with Crippen LogP contribution in [0.1, 0.15) is 31.4 Å². The van der Waals surface area contributed by atoms with E-state index < -0.39 is 11.9 Å². The molecule has 1 N–H and O–H groups in total. The molecule has 4 nitrogen and oxygen atoms in total. The molecule has 0 amide bonds. The Labute approximate surface area is 130 Å². The van der Waals surface area contributed by atoms with Crippen LogP contribution in [0.3, 0.4) is 0 Å². The number of piperidine rings is 1. The highest BCUT2D eigenvalue weighted by atomic mass is 19.1. The molecular weight excluding hydrogens is 285 g/mol. The van der Waals surface area contributed by atoms with E-state index >= 15 is 0 Å². The fourth-order valence-electron chi connectivity index (χ4n) is 3.50. The Kier molecular flexibility index (Phi) is 4.78. The van der Waals surface area contributed by atoms with Crippen LogP contribution < -0.4 is 0 Å². The first kappa shape index (κ1) is 15.9.